The number of allylic oxidation sites excluding steroid dienone is 2. The Balaban J connectivity index is 0.000000127. The molecule has 4 bridgehead atoms. The van der Waals surface area contributed by atoms with Gasteiger partial charge in [-0.3, -0.25) is 19.2 Å². The van der Waals surface area contributed by atoms with E-state index in [1.165, 1.54) is 64.2 Å². The number of hydrogen-bond donors (Lipinski definition) is 0. The third-order valence-corrected chi connectivity index (χ3v) is 17.9. The third kappa shape index (κ3) is 3.74. The SMILES string of the molecule is CC(=O)[C@H]1CC[C@H]2[C@@H]3C[C@H]4C[C@@]5(CCC(=O)C=C45)[C@H]3CC[C@]12C.CC(=O)[C@H]1CC[C@H]2[C@@H]3C[C@H]4C[C@@]5(CCC(=O)C=C45)[C@H]3CC[C@]12C. The Bertz CT molecular complexity index is 1370. The molecule has 0 aromatic rings. The van der Waals surface area contributed by atoms with Crippen LogP contribution in [0.1, 0.15) is 130 Å². The number of Topliss-reactive ketones (excluding diaryl/α,β-unsaturated/α-hetero) is 2. The first-order valence-electron chi connectivity index (χ1n) is 19.4. The predicted octanol–water partition coefficient (Wildman–Crippen LogP) is 8.67. The summed E-state index contributed by atoms with van der Waals surface area (Å²) in [4.78, 5) is 48.1. The van der Waals surface area contributed by atoms with Crippen LogP contribution in [0.25, 0.3) is 0 Å². The fourth-order valence-electron chi connectivity index (χ4n) is 16.2. The molecule has 4 heteroatoms. The van der Waals surface area contributed by atoms with Crippen molar-refractivity contribution in [3.8, 4) is 0 Å². The van der Waals surface area contributed by atoms with Crippen LogP contribution in [0.4, 0.5) is 0 Å². The van der Waals surface area contributed by atoms with Gasteiger partial charge in [0.05, 0.1) is 0 Å². The summed E-state index contributed by atoms with van der Waals surface area (Å²) in [6, 6.07) is 0. The molecule has 0 amide bonds. The average Bonchev–Trinajstić information content (AvgIpc) is 3.57. The fraction of sp³-hybridized carbons (Fsp3) is 0.810. The van der Waals surface area contributed by atoms with Crippen molar-refractivity contribution in [2.75, 3.05) is 0 Å². The highest BCUT2D eigenvalue weighted by atomic mass is 16.1. The summed E-state index contributed by atoms with van der Waals surface area (Å²) in [7, 11) is 0. The van der Waals surface area contributed by atoms with E-state index in [1.807, 2.05) is 26.0 Å². The van der Waals surface area contributed by atoms with Gasteiger partial charge in [-0.2, -0.15) is 0 Å². The van der Waals surface area contributed by atoms with Crippen LogP contribution in [0.2, 0.25) is 0 Å². The Morgan fingerprint density at radius 3 is 1.39 bits per heavy atom. The van der Waals surface area contributed by atoms with Gasteiger partial charge >= 0.3 is 0 Å². The van der Waals surface area contributed by atoms with Gasteiger partial charge in [-0.1, -0.05) is 25.0 Å². The van der Waals surface area contributed by atoms with Crippen molar-refractivity contribution in [3.05, 3.63) is 23.3 Å². The zero-order valence-electron chi connectivity index (χ0n) is 28.9. The van der Waals surface area contributed by atoms with E-state index in [0.717, 1.165) is 74.0 Å². The molecule has 12 aliphatic carbocycles. The molecular weight excluding hydrogens is 568 g/mol. The summed E-state index contributed by atoms with van der Waals surface area (Å²) in [5, 5.41) is 0. The van der Waals surface area contributed by atoms with Crippen LogP contribution in [-0.4, -0.2) is 23.1 Å². The molecule has 0 saturated heterocycles. The van der Waals surface area contributed by atoms with Gasteiger partial charge in [-0.25, -0.2) is 0 Å². The summed E-state index contributed by atoms with van der Waals surface area (Å²) in [5.74, 6) is 8.37. The fourth-order valence-corrected chi connectivity index (χ4v) is 16.2. The molecule has 0 aromatic carbocycles. The molecule has 0 heterocycles. The second-order valence-electron chi connectivity index (χ2n) is 19.0. The molecule has 14 atom stereocenters. The van der Waals surface area contributed by atoms with Crippen LogP contribution >= 0.6 is 0 Å². The number of hydrogen-bond acceptors (Lipinski definition) is 4. The molecule has 2 spiro atoms. The summed E-state index contributed by atoms with van der Waals surface area (Å²) >= 11 is 0. The molecule has 0 radical (unpaired) electrons. The quantitative estimate of drug-likeness (QED) is 0.308. The Morgan fingerprint density at radius 2 is 1.00 bits per heavy atom. The van der Waals surface area contributed by atoms with Crippen molar-refractivity contribution < 1.29 is 19.2 Å². The van der Waals surface area contributed by atoms with Crippen LogP contribution in [0.5, 0.6) is 0 Å². The molecule has 0 aromatic heterocycles. The minimum atomic E-state index is 0.266. The molecule has 46 heavy (non-hydrogen) atoms. The molecule has 0 aliphatic heterocycles. The second-order valence-corrected chi connectivity index (χ2v) is 19.0. The van der Waals surface area contributed by atoms with Crippen LogP contribution in [-0.2, 0) is 19.2 Å². The third-order valence-electron chi connectivity index (χ3n) is 17.9. The van der Waals surface area contributed by atoms with Gasteiger partial charge in [0.2, 0.25) is 0 Å². The van der Waals surface area contributed by atoms with Crippen LogP contribution in [0.15, 0.2) is 23.3 Å². The van der Waals surface area contributed by atoms with Crippen LogP contribution in [0, 0.1) is 80.8 Å². The lowest BCUT2D eigenvalue weighted by Gasteiger charge is -2.68. The Labute approximate surface area is 276 Å². The predicted molar refractivity (Wildman–Crippen MR) is 177 cm³/mol. The first-order valence-corrected chi connectivity index (χ1v) is 19.4. The minimum absolute atomic E-state index is 0.266. The van der Waals surface area contributed by atoms with Crippen molar-refractivity contribution in [2.45, 2.75) is 130 Å². The average molecular weight is 625 g/mol. The standard InChI is InChI=1S/2C21H28O2/c2*1-12(22)16-3-4-17-15-9-13-11-21(8-5-14(23)10-19(13)21)18(15)6-7-20(16,17)2/h2*10,13,15-18H,3-9,11H2,1-2H3/t2*13-,15-,16+,17-,18-,20+,21-/m00/s1. The van der Waals surface area contributed by atoms with E-state index >= 15 is 0 Å². The molecule has 0 unspecified atom stereocenters. The van der Waals surface area contributed by atoms with E-state index < -0.39 is 0 Å². The highest BCUT2D eigenvalue weighted by Crippen LogP contribution is 2.76. The van der Waals surface area contributed by atoms with Gasteiger partial charge in [-0.05, 0) is 185 Å². The number of ketones is 4. The molecule has 0 N–H and O–H groups in total. The largest absolute Gasteiger partial charge is 0.300 e. The summed E-state index contributed by atoms with van der Waals surface area (Å²) in [5.41, 5.74) is 4.41. The lowest BCUT2D eigenvalue weighted by atomic mass is 9.36. The Hall–Kier alpha value is -1.84. The number of fused-ring (bicyclic) bond motifs is 2. The summed E-state index contributed by atoms with van der Waals surface area (Å²) in [6.07, 6.45) is 23.0. The van der Waals surface area contributed by atoms with Gasteiger partial charge in [-0.15, -0.1) is 0 Å². The van der Waals surface area contributed by atoms with Crippen molar-refractivity contribution in [1.82, 2.24) is 0 Å². The molecule has 10 fully saturated rings. The highest BCUT2D eigenvalue weighted by Gasteiger charge is 2.68. The van der Waals surface area contributed by atoms with Crippen molar-refractivity contribution in [1.29, 1.82) is 0 Å². The lowest BCUT2D eigenvalue weighted by molar-refractivity contribution is -0.140. The van der Waals surface area contributed by atoms with Gasteiger partial charge in [0, 0.05) is 24.7 Å². The molecule has 12 aliphatic rings. The monoisotopic (exact) mass is 624 g/mol. The van der Waals surface area contributed by atoms with E-state index in [1.54, 1.807) is 11.1 Å². The lowest BCUT2D eigenvalue weighted by Crippen LogP contribution is -2.60. The molecule has 4 nitrogen and oxygen atoms in total. The topological polar surface area (TPSA) is 68.3 Å². The van der Waals surface area contributed by atoms with Gasteiger partial charge in [0.15, 0.2) is 11.6 Å². The smallest absolute Gasteiger partial charge is 0.155 e. The molecular formula is C42H56O4. The maximum Gasteiger partial charge on any atom is 0.155 e. The van der Waals surface area contributed by atoms with E-state index in [2.05, 4.69) is 13.8 Å². The van der Waals surface area contributed by atoms with Crippen molar-refractivity contribution >= 4 is 23.1 Å². The summed E-state index contributed by atoms with van der Waals surface area (Å²) < 4.78 is 0. The summed E-state index contributed by atoms with van der Waals surface area (Å²) in [6.45, 7) is 8.47. The van der Waals surface area contributed by atoms with Crippen molar-refractivity contribution in [2.24, 2.45) is 80.8 Å². The number of carbonyl (C=O) groups is 4. The van der Waals surface area contributed by atoms with Gasteiger partial charge in [0.25, 0.3) is 0 Å². The maximum absolute atomic E-state index is 12.2. The van der Waals surface area contributed by atoms with Crippen molar-refractivity contribution in [3.63, 3.8) is 0 Å². The zero-order valence-corrected chi connectivity index (χ0v) is 28.9. The Morgan fingerprint density at radius 1 is 0.587 bits per heavy atom. The van der Waals surface area contributed by atoms with E-state index in [4.69, 9.17) is 0 Å². The number of rotatable bonds is 2. The normalized spacial score (nSPS) is 53.6. The second kappa shape index (κ2) is 9.87. The van der Waals surface area contributed by atoms with Crippen LogP contribution < -0.4 is 0 Å². The van der Waals surface area contributed by atoms with E-state index in [0.29, 0.717) is 57.6 Å². The molecule has 248 valence electrons. The van der Waals surface area contributed by atoms with Crippen LogP contribution in [0.3, 0.4) is 0 Å². The van der Waals surface area contributed by atoms with E-state index in [9.17, 15) is 19.2 Å². The maximum atomic E-state index is 12.2. The first kappa shape index (κ1) is 30.2. The van der Waals surface area contributed by atoms with Gasteiger partial charge in [0.1, 0.15) is 11.6 Å². The minimum Gasteiger partial charge on any atom is -0.300 e. The molecule has 10 saturated carbocycles. The van der Waals surface area contributed by atoms with E-state index in [-0.39, 0.29) is 10.8 Å². The Kier molecular flexibility index (Phi) is 6.49. The highest BCUT2D eigenvalue weighted by molar-refractivity contribution is 5.93. The van der Waals surface area contributed by atoms with Gasteiger partial charge < -0.3 is 0 Å². The number of carbonyl (C=O) groups excluding carboxylic acids is 4. The first-order chi connectivity index (χ1) is 21.9. The zero-order chi connectivity index (χ0) is 32.0. The molecule has 12 rings (SSSR count).